The first-order valence-electron chi connectivity index (χ1n) is 11.1. The number of fused-ring (bicyclic) bond motifs is 1. The van der Waals surface area contributed by atoms with Gasteiger partial charge in [-0.25, -0.2) is 14.4 Å². The highest BCUT2D eigenvalue weighted by molar-refractivity contribution is 5.78. The number of urea groups is 1. The van der Waals surface area contributed by atoms with E-state index in [1.807, 2.05) is 60.7 Å². The zero-order valence-corrected chi connectivity index (χ0v) is 18.2. The Labute approximate surface area is 191 Å². The van der Waals surface area contributed by atoms with Gasteiger partial charge >= 0.3 is 18.2 Å². The molecule has 3 aliphatic rings. The van der Waals surface area contributed by atoms with Crippen molar-refractivity contribution in [2.75, 3.05) is 45.8 Å². The minimum Gasteiger partial charge on any atom is -0.465 e. The lowest BCUT2D eigenvalue weighted by atomic mass is 9.79. The van der Waals surface area contributed by atoms with Gasteiger partial charge in [0.15, 0.2) is 5.60 Å². The van der Waals surface area contributed by atoms with Crippen LogP contribution < -0.4 is 0 Å². The summed E-state index contributed by atoms with van der Waals surface area (Å²) < 4.78 is 6.15. The number of cyclic esters (lactones) is 1. The molecule has 9 heteroatoms. The van der Waals surface area contributed by atoms with Gasteiger partial charge in [-0.1, -0.05) is 60.7 Å². The summed E-state index contributed by atoms with van der Waals surface area (Å²) in [6.45, 7) is 2.42. The van der Waals surface area contributed by atoms with Gasteiger partial charge in [0, 0.05) is 56.9 Å². The van der Waals surface area contributed by atoms with Gasteiger partial charge in [0.25, 0.3) is 0 Å². The van der Waals surface area contributed by atoms with Crippen LogP contribution in [0.4, 0.5) is 14.4 Å². The molecule has 2 aromatic carbocycles. The highest BCUT2D eigenvalue weighted by Gasteiger charge is 2.58. The van der Waals surface area contributed by atoms with E-state index in [2.05, 4.69) is 0 Å². The number of carboxylic acid groups (broad SMARTS) is 1. The highest BCUT2D eigenvalue weighted by atomic mass is 16.6. The molecule has 5 rings (SSSR count). The summed E-state index contributed by atoms with van der Waals surface area (Å²) in [6.07, 6.45) is -1.34. The Morgan fingerprint density at radius 1 is 0.788 bits per heavy atom. The average Bonchev–Trinajstić information content (AvgIpc) is 3.17. The monoisotopic (exact) mass is 450 g/mol. The van der Waals surface area contributed by atoms with Crippen LogP contribution in [-0.4, -0.2) is 94.8 Å². The van der Waals surface area contributed by atoms with Gasteiger partial charge in [0.2, 0.25) is 0 Å². The van der Waals surface area contributed by atoms with E-state index in [1.165, 1.54) is 4.90 Å². The summed E-state index contributed by atoms with van der Waals surface area (Å²) in [4.78, 5) is 44.0. The lowest BCUT2D eigenvalue weighted by Crippen LogP contribution is -2.62. The maximum Gasteiger partial charge on any atom is 0.411 e. The van der Waals surface area contributed by atoms with E-state index in [0.717, 1.165) is 11.1 Å². The van der Waals surface area contributed by atoms with Crippen molar-refractivity contribution in [3.63, 3.8) is 0 Å². The third kappa shape index (κ3) is 3.53. The Morgan fingerprint density at radius 3 is 1.85 bits per heavy atom. The number of hydrogen-bond acceptors (Lipinski definition) is 4. The fraction of sp³-hybridized carbons (Fsp3) is 0.375. The van der Waals surface area contributed by atoms with Gasteiger partial charge < -0.3 is 24.5 Å². The Hall–Kier alpha value is -3.75. The molecule has 0 radical (unpaired) electrons. The van der Waals surface area contributed by atoms with E-state index in [4.69, 9.17) is 4.74 Å². The largest absolute Gasteiger partial charge is 0.465 e. The first kappa shape index (κ1) is 21.1. The predicted molar refractivity (Wildman–Crippen MR) is 119 cm³/mol. The Kier molecular flexibility index (Phi) is 5.32. The molecule has 33 heavy (non-hydrogen) atoms. The minimum atomic E-state index is -1.03. The molecule has 0 aliphatic carbocycles. The van der Waals surface area contributed by atoms with Crippen molar-refractivity contribution in [2.45, 2.75) is 11.6 Å². The standard InChI is InChI=1S/C24H26N4O5/c29-21(25-11-13-26(14-12-25)22(30)31)27-15-16-28-20(17-27)24(33-23(28)32,18-7-3-1-4-8-18)19-9-5-2-6-10-19/h1-10,20H,11-17H2,(H,30,31). The number of hydrogen-bond donors (Lipinski definition) is 1. The van der Waals surface area contributed by atoms with Crippen molar-refractivity contribution >= 4 is 18.2 Å². The second-order valence-corrected chi connectivity index (χ2v) is 8.53. The molecule has 3 saturated heterocycles. The number of ether oxygens (including phenoxy) is 1. The summed E-state index contributed by atoms with van der Waals surface area (Å²) in [7, 11) is 0. The van der Waals surface area contributed by atoms with E-state index < -0.39 is 11.7 Å². The highest BCUT2D eigenvalue weighted by Crippen LogP contribution is 2.45. The molecule has 1 N–H and O–H groups in total. The molecule has 1 unspecified atom stereocenters. The summed E-state index contributed by atoms with van der Waals surface area (Å²) in [6, 6.07) is 18.8. The summed E-state index contributed by atoms with van der Waals surface area (Å²) in [5, 5.41) is 9.17. The smallest absolute Gasteiger partial charge is 0.411 e. The molecule has 3 fully saturated rings. The van der Waals surface area contributed by atoms with E-state index in [1.54, 1.807) is 14.7 Å². The number of amides is 4. The quantitative estimate of drug-likeness (QED) is 0.759. The number of benzene rings is 2. The lowest BCUT2D eigenvalue weighted by molar-refractivity contribution is 0.0429. The molecule has 1 atom stereocenters. The average molecular weight is 450 g/mol. The van der Waals surface area contributed by atoms with E-state index in [0.29, 0.717) is 45.8 Å². The van der Waals surface area contributed by atoms with Gasteiger partial charge in [0.1, 0.15) is 6.04 Å². The van der Waals surface area contributed by atoms with Crippen LogP contribution in [0.5, 0.6) is 0 Å². The maximum absolute atomic E-state index is 13.3. The van der Waals surface area contributed by atoms with Gasteiger partial charge in [-0.2, -0.15) is 0 Å². The Balaban J connectivity index is 1.45. The zero-order valence-electron chi connectivity index (χ0n) is 18.2. The molecule has 0 saturated carbocycles. The first-order valence-corrected chi connectivity index (χ1v) is 11.1. The van der Waals surface area contributed by atoms with E-state index in [-0.39, 0.29) is 18.2 Å². The van der Waals surface area contributed by atoms with Crippen molar-refractivity contribution in [3.05, 3.63) is 71.8 Å². The first-order chi connectivity index (χ1) is 16.0. The topological polar surface area (TPSA) is 93.6 Å². The SMILES string of the molecule is O=C(O)N1CCN(C(=O)N2CCN3C(=O)OC(c4ccccc4)(c4ccccc4)C3C2)CC1. The Bertz CT molecular complexity index is 1000. The van der Waals surface area contributed by atoms with Crippen LogP contribution >= 0.6 is 0 Å². The summed E-state index contributed by atoms with van der Waals surface area (Å²) >= 11 is 0. The van der Waals surface area contributed by atoms with Crippen molar-refractivity contribution in [1.82, 2.24) is 19.6 Å². The van der Waals surface area contributed by atoms with Gasteiger partial charge in [-0.3, -0.25) is 4.90 Å². The predicted octanol–water partition coefficient (Wildman–Crippen LogP) is 2.48. The zero-order chi connectivity index (χ0) is 23.0. The fourth-order valence-corrected chi connectivity index (χ4v) is 5.12. The molecule has 0 bridgehead atoms. The van der Waals surface area contributed by atoms with Crippen molar-refractivity contribution in [3.8, 4) is 0 Å². The molecule has 3 heterocycles. The van der Waals surface area contributed by atoms with Crippen LogP contribution in [0.2, 0.25) is 0 Å². The third-order valence-corrected chi connectivity index (χ3v) is 6.83. The number of carbonyl (C=O) groups is 3. The van der Waals surface area contributed by atoms with Gasteiger partial charge in [-0.05, 0) is 0 Å². The van der Waals surface area contributed by atoms with Gasteiger partial charge in [0.05, 0.1) is 0 Å². The van der Waals surface area contributed by atoms with Crippen LogP contribution in [0.15, 0.2) is 60.7 Å². The molecular formula is C24H26N4O5. The molecule has 4 amide bonds. The minimum absolute atomic E-state index is 0.130. The number of rotatable bonds is 2. The van der Waals surface area contributed by atoms with Crippen LogP contribution in [-0.2, 0) is 10.3 Å². The van der Waals surface area contributed by atoms with Crippen LogP contribution in [0.3, 0.4) is 0 Å². The number of nitrogens with zero attached hydrogens (tertiary/aromatic N) is 4. The maximum atomic E-state index is 13.3. The van der Waals surface area contributed by atoms with Crippen LogP contribution in [0.1, 0.15) is 11.1 Å². The summed E-state index contributed by atoms with van der Waals surface area (Å²) in [5.74, 6) is 0. The van der Waals surface area contributed by atoms with E-state index >= 15 is 0 Å². The lowest BCUT2D eigenvalue weighted by Gasteiger charge is -2.44. The molecule has 172 valence electrons. The number of piperazine rings is 2. The number of carbonyl (C=O) groups excluding carboxylic acids is 2. The second kappa shape index (κ2) is 8.31. The molecule has 0 spiro atoms. The molecule has 2 aromatic rings. The third-order valence-electron chi connectivity index (χ3n) is 6.83. The molecule has 3 aliphatic heterocycles. The van der Waals surface area contributed by atoms with Crippen molar-refractivity contribution in [1.29, 1.82) is 0 Å². The van der Waals surface area contributed by atoms with Crippen molar-refractivity contribution < 1.29 is 24.2 Å². The van der Waals surface area contributed by atoms with Crippen LogP contribution in [0.25, 0.3) is 0 Å². The molecular weight excluding hydrogens is 424 g/mol. The second-order valence-electron chi connectivity index (χ2n) is 8.53. The van der Waals surface area contributed by atoms with Crippen molar-refractivity contribution in [2.24, 2.45) is 0 Å². The molecule has 0 aromatic heterocycles. The van der Waals surface area contributed by atoms with Crippen LogP contribution in [0, 0.1) is 0 Å². The van der Waals surface area contributed by atoms with Gasteiger partial charge in [-0.15, -0.1) is 0 Å². The fourth-order valence-electron chi connectivity index (χ4n) is 5.12. The summed E-state index contributed by atoms with van der Waals surface area (Å²) in [5.41, 5.74) is 0.698. The Morgan fingerprint density at radius 2 is 1.30 bits per heavy atom. The normalized spacial score (nSPS) is 22.1. The molecule has 9 nitrogen and oxygen atoms in total. The van der Waals surface area contributed by atoms with E-state index in [9.17, 15) is 19.5 Å².